The van der Waals surface area contributed by atoms with Crippen molar-refractivity contribution in [3.8, 4) is 0 Å². The van der Waals surface area contributed by atoms with E-state index in [4.69, 9.17) is 18.9 Å². The van der Waals surface area contributed by atoms with Gasteiger partial charge in [0.2, 0.25) is 0 Å². The number of ether oxygens (including phenoxy) is 1. The maximum absolute atomic E-state index is 10.5. The van der Waals surface area contributed by atoms with E-state index in [2.05, 4.69) is 8.37 Å². The Labute approximate surface area is 102 Å². The highest BCUT2D eigenvalue weighted by atomic mass is 32.3. The van der Waals surface area contributed by atoms with Gasteiger partial charge in [0.05, 0.1) is 13.2 Å². The summed E-state index contributed by atoms with van der Waals surface area (Å²) in [7, 11) is -4.75. The summed E-state index contributed by atoms with van der Waals surface area (Å²) >= 11 is -0.0995. The van der Waals surface area contributed by atoms with Crippen molar-refractivity contribution in [1.82, 2.24) is 0 Å². The monoisotopic (exact) mass is 292 g/mol. The molecule has 0 radical (unpaired) electrons. The van der Waals surface area contributed by atoms with E-state index in [0.29, 0.717) is 0 Å². The predicted molar refractivity (Wildman–Crippen MR) is 54.3 cm³/mol. The number of rotatable bonds is 5. The highest BCUT2D eigenvalue weighted by molar-refractivity contribution is 7.88. The van der Waals surface area contributed by atoms with Crippen LogP contribution in [0.25, 0.3) is 0 Å². The van der Waals surface area contributed by atoms with E-state index in [1.54, 1.807) is 0 Å². The Bertz CT molecular complexity index is 330. The normalized spacial score (nSPS) is 34.8. The van der Waals surface area contributed by atoms with Crippen molar-refractivity contribution in [2.24, 2.45) is 0 Å². The van der Waals surface area contributed by atoms with Crippen molar-refractivity contribution in [2.75, 3.05) is 13.2 Å². The lowest BCUT2D eigenvalue weighted by Crippen LogP contribution is -2.55. The second kappa shape index (κ2) is 6.26. The maximum atomic E-state index is 10.5. The molecule has 1 aliphatic heterocycles. The topological polar surface area (TPSA) is 143 Å². The summed E-state index contributed by atoms with van der Waals surface area (Å²) < 4.78 is 51.8. The molecule has 1 fully saturated rings. The molecule has 11 heteroatoms. The van der Waals surface area contributed by atoms with Crippen LogP contribution in [0.1, 0.15) is 0 Å². The van der Waals surface area contributed by atoms with Crippen molar-refractivity contribution < 1.29 is 40.8 Å². The summed E-state index contributed by atoms with van der Waals surface area (Å²) in [5.74, 6) is 0. The molecule has 17 heavy (non-hydrogen) atoms. The van der Waals surface area contributed by atoms with Crippen molar-refractivity contribution in [3.05, 3.63) is 0 Å². The Morgan fingerprint density at radius 1 is 1.47 bits per heavy atom. The minimum absolute atomic E-state index is 0.0995. The lowest BCUT2D eigenvalue weighted by molar-refractivity contribution is -0.179. The first-order valence-corrected chi connectivity index (χ1v) is 6.48. The summed E-state index contributed by atoms with van der Waals surface area (Å²) in [4.78, 5) is 0. The summed E-state index contributed by atoms with van der Waals surface area (Å²) in [6.07, 6.45) is -5.02. The molecule has 0 aromatic carbocycles. The second-order valence-corrected chi connectivity index (χ2v) is 4.63. The molecule has 0 spiro atoms. The average molecular weight is 292 g/mol. The van der Waals surface area contributed by atoms with Crippen molar-refractivity contribution >= 4 is 22.7 Å². The van der Waals surface area contributed by atoms with Crippen molar-refractivity contribution in [2.45, 2.75) is 24.4 Å². The quantitative estimate of drug-likeness (QED) is 0.346. The molecule has 1 rings (SSSR count). The van der Waals surface area contributed by atoms with Gasteiger partial charge >= 0.3 is 10.4 Å². The van der Waals surface area contributed by atoms with Gasteiger partial charge in [0.25, 0.3) is 0 Å². The Kier molecular flexibility index (Phi) is 5.56. The van der Waals surface area contributed by atoms with Crippen molar-refractivity contribution in [1.29, 1.82) is 0 Å². The van der Waals surface area contributed by atoms with E-state index in [1.165, 1.54) is 0 Å². The van der Waals surface area contributed by atoms with E-state index in [9.17, 15) is 13.5 Å². The first kappa shape index (κ1) is 15.1. The smallest absolute Gasteiger partial charge is 0.394 e. The van der Waals surface area contributed by atoms with Gasteiger partial charge in [-0.3, -0.25) is 8.74 Å². The Morgan fingerprint density at radius 3 is 2.59 bits per heavy atom. The van der Waals surface area contributed by atoms with Gasteiger partial charge < -0.3 is 19.5 Å². The molecule has 1 aliphatic rings. The standard InChI is InChI=1S/C6H12O9S2/c7-1-3-5(8)6(14-16-9)4(2-13-3)15-17(10,11)12/h3-9H,1-2H2,(H,10,11,12)/t3-,4+,5-,6-/m1/s1. The molecule has 102 valence electrons. The minimum Gasteiger partial charge on any atom is -0.394 e. The van der Waals surface area contributed by atoms with Gasteiger partial charge in [-0.05, 0) is 0 Å². The minimum atomic E-state index is -4.75. The average Bonchev–Trinajstić information content (AvgIpc) is 2.22. The molecule has 0 unspecified atom stereocenters. The Morgan fingerprint density at radius 2 is 2.12 bits per heavy atom. The molecule has 4 atom stereocenters. The van der Waals surface area contributed by atoms with Crippen LogP contribution in [0.5, 0.6) is 0 Å². The molecule has 0 amide bonds. The van der Waals surface area contributed by atoms with Gasteiger partial charge in [0.1, 0.15) is 24.4 Å². The molecule has 0 saturated carbocycles. The van der Waals surface area contributed by atoms with E-state index >= 15 is 0 Å². The molecule has 0 aromatic rings. The molecular weight excluding hydrogens is 280 g/mol. The molecule has 0 aliphatic carbocycles. The van der Waals surface area contributed by atoms with Gasteiger partial charge in [0.15, 0.2) is 12.3 Å². The molecule has 4 N–H and O–H groups in total. The molecule has 0 bridgehead atoms. The van der Waals surface area contributed by atoms with Crippen LogP contribution >= 0.6 is 12.3 Å². The highest BCUT2D eigenvalue weighted by Crippen LogP contribution is 2.24. The lowest BCUT2D eigenvalue weighted by atomic mass is 10.0. The first-order valence-electron chi connectivity index (χ1n) is 4.42. The third kappa shape index (κ3) is 4.31. The number of hydrogen-bond acceptors (Lipinski definition) is 9. The zero-order chi connectivity index (χ0) is 13.1. The number of hydrogen-bond donors (Lipinski definition) is 4. The van der Waals surface area contributed by atoms with Crippen LogP contribution in [-0.2, 0) is 23.5 Å². The fourth-order valence-electron chi connectivity index (χ4n) is 1.41. The lowest BCUT2D eigenvalue weighted by Gasteiger charge is -2.37. The third-order valence-electron chi connectivity index (χ3n) is 2.14. The van der Waals surface area contributed by atoms with Crippen LogP contribution in [0.4, 0.5) is 0 Å². The van der Waals surface area contributed by atoms with E-state index in [1.807, 2.05) is 0 Å². The van der Waals surface area contributed by atoms with Gasteiger partial charge in [-0.15, -0.1) is 0 Å². The number of aliphatic hydroxyl groups is 2. The highest BCUT2D eigenvalue weighted by Gasteiger charge is 2.43. The Balaban J connectivity index is 2.76. The van der Waals surface area contributed by atoms with Crippen molar-refractivity contribution in [3.63, 3.8) is 0 Å². The molecular formula is C6H12O9S2. The predicted octanol–water partition coefficient (Wildman–Crippen LogP) is -1.57. The largest absolute Gasteiger partial charge is 0.397 e. The maximum Gasteiger partial charge on any atom is 0.397 e. The second-order valence-electron chi connectivity index (χ2n) is 3.24. The zero-order valence-corrected chi connectivity index (χ0v) is 10.0. The number of aliphatic hydroxyl groups excluding tert-OH is 2. The van der Waals surface area contributed by atoms with Gasteiger partial charge in [-0.1, -0.05) is 0 Å². The fraction of sp³-hybridized carbons (Fsp3) is 1.00. The fourth-order valence-corrected chi connectivity index (χ4v) is 2.23. The summed E-state index contributed by atoms with van der Waals surface area (Å²) in [5.41, 5.74) is 0. The van der Waals surface area contributed by atoms with Gasteiger partial charge in [0, 0.05) is 0 Å². The van der Waals surface area contributed by atoms with E-state index in [0.717, 1.165) is 0 Å². The van der Waals surface area contributed by atoms with Crippen LogP contribution in [0.15, 0.2) is 0 Å². The van der Waals surface area contributed by atoms with Crippen LogP contribution < -0.4 is 0 Å². The SMILES string of the molecule is O=S(=O)(O)O[C@H]1CO[C@H](CO)[C@@H](O)[C@@H]1OSO. The van der Waals surface area contributed by atoms with Gasteiger partial charge in [-0.25, -0.2) is 4.18 Å². The van der Waals surface area contributed by atoms with E-state index in [-0.39, 0.29) is 18.9 Å². The molecule has 1 heterocycles. The van der Waals surface area contributed by atoms with E-state index < -0.39 is 41.4 Å². The van der Waals surface area contributed by atoms with Crippen LogP contribution in [-0.4, -0.2) is 65.4 Å². The molecule has 9 nitrogen and oxygen atoms in total. The molecule has 1 saturated heterocycles. The van der Waals surface area contributed by atoms with Crippen LogP contribution in [0, 0.1) is 0 Å². The third-order valence-corrected chi connectivity index (χ3v) is 2.94. The Hall–Kier alpha value is 0.0200. The zero-order valence-electron chi connectivity index (χ0n) is 8.37. The van der Waals surface area contributed by atoms with Crippen LogP contribution in [0.3, 0.4) is 0 Å². The summed E-state index contributed by atoms with van der Waals surface area (Å²) in [6, 6.07) is 0. The summed E-state index contributed by atoms with van der Waals surface area (Å²) in [5, 5.41) is 18.5. The van der Waals surface area contributed by atoms with Crippen LogP contribution in [0.2, 0.25) is 0 Å². The van der Waals surface area contributed by atoms with Gasteiger partial charge in [-0.2, -0.15) is 8.42 Å². The summed E-state index contributed by atoms with van der Waals surface area (Å²) in [6.45, 7) is -0.858. The molecule has 0 aromatic heterocycles. The first-order chi connectivity index (χ1) is 7.89.